The van der Waals surface area contributed by atoms with E-state index >= 15 is 0 Å². The second kappa shape index (κ2) is 8.36. The molecule has 0 aromatic carbocycles. The van der Waals surface area contributed by atoms with Gasteiger partial charge in [-0.1, -0.05) is 6.07 Å². The predicted octanol–water partition coefficient (Wildman–Crippen LogP) is 2.11. The zero-order chi connectivity index (χ0) is 15.5. The number of hydrogen-bond acceptors (Lipinski definition) is 6. The molecular formula is C17H24ClN5S. The Hall–Kier alpha value is -1.05. The molecule has 130 valence electrons. The Balaban J connectivity index is 0.00000169. The van der Waals surface area contributed by atoms with Gasteiger partial charge >= 0.3 is 0 Å². The summed E-state index contributed by atoms with van der Waals surface area (Å²) in [4.78, 5) is 14.3. The standard InChI is InChI=1S/C17H23N5S.ClH/c1-2-5-19-16(3-1)17-20-14(13-23-17)12-21-7-9-22(10-8-21)15-4-6-18-11-15;/h1-3,5,13,15,18H,4,6-12H2;1H. The molecule has 2 aromatic heterocycles. The van der Waals surface area contributed by atoms with Crippen molar-refractivity contribution in [2.45, 2.75) is 19.0 Å². The Labute approximate surface area is 153 Å². The Morgan fingerprint density at radius 3 is 2.79 bits per heavy atom. The van der Waals surface area contributed by atoms with E-state index in [9.17, 15) is 0 Å². The van der Waals surface area contributed by atoms with E-state index in [1.54, 1.807) is 11.3 Å². The highest BCUT2D eigenvalue weighted by atomic mass is 35.5. The lowest BCUT2D eigenvalue weighted by molar-refractivity contribution is 0.0975. The summed E-state index contributed by atoms with van der Waals surface area (Å²) in [6.45, 7) is 7.96. The smallest absolute Gasteiger partial charge is 0.142 e. The van der Waals surface area contributed by atoms with Crippen molar-refractivity contribution in [3.05, 3.63) is 35.5 Å². The molecular weight excluding hydrogens is 342 g/mol. The molecule has 2 aromatic rings. The first-order valence-electron chi connectivity index (χ1n) is 8.41. The van der Waals surface area contributed by atoms with Crippen LogP contribution in [0.2, 0.25) is 0 Å². The minimum Gasteiger partial charge on any atom is -0.315 e. The Morgan fingerprint density at radius 1 is 1.21 bits per heavy atom. The highest BCUT2D eigenvalue weighted by molar-refractivity contribution is 7.13. The van der Waals surface area contributed by atoms with Crippen molar-refractivity contribution >= 4 is 23.7 Å². The lowest BCUT2D eigenvalue weighted by Crippen LogP contribution is -2.50. The van der Waals surface area contributed by atoms with Crippen LogP contribution in [0.15, 0.2) is 29.8 Å². The fraction of sp³-hybridized carbons (Fsp3) is 0.529. The van der Waals surface area contributed by atoms with Crippen LogP contribution in [0.3, 0.4) is 0 Å². The summed E-state index contributed by atoms with van der Waals surface area (Å²) < 4.78 is 0. The number of piperazine rings is 1. The summed E-state index contributed by atoms with van der Waals surface area (Å²) >= 11 is 1.69. The predicted molar refractivity (Wildman–Crippen MR) is 101 cm³/mol. The molecule has 0 bridgehead atoms. The van der Waals surface area contributed by atoms with Crippen LogP contribution < -0.4 is 5.32 Å². The number of rotatable bonds is 4. The van der Waals surface area contributed by atoms with Gasteiger partial charge in [0.25, 0.3) is 0 Å². The molecule has 2 aliphatic rings. The molecule has 2 aliphatic heterocycles. The van der Waals surface area contributed by atoms with Crippen LogP contribution >= 0.6 is 23.7 Å². The fourth-order valence-corrected chi connectivity index (χ4v) is 4.24. The van der Waals surface area contributed by atoms with Gasteiger partial charge in [-0.25, -0.2) is 4.98 Å². The lowest BCUT2D eigenvalue weighted by Gasteiger charge is -2.37. The van der Waals surface area contributed by atoms with E-state index in [4.69, 9.17) is 4.98 Å². The third kappa shape index (κ3) is 4.13. The second-order valence-electron chi connectivity index (χ2n) is 6.32. The van der Waals surface area contributed by atoms with Crippen LogP contribution in [-0.2, 0) is 6.54 Å². The Morgan fingerprint density at radius 2 is 2.08 bits per heavy atom. The van der Waals surface area contributed by atoms with Crippen molar-refractivity contribution < 1.29 is 0 Å². The van der Waals surface area contributed by atoms with E-state index in [-0.39, 0.29) is 12.4 Å². The molecule has 0 aliphatic carbocycles. The summed E-state index contributed by atoms with van der Waals surface area (Å²) in [7, 11) is 0. The SMILES string of the molecule is Cl.c1ccc(-c2nc(CN3CCN(C4CCNC4)CC3)cs2)nc1. The van der Waals surface area contributed by atoms with Gasteiger partial charge in [0, 0.05) is 56.9 Å². The highest BCUT2D eigenvalue weighted by Gasteiger charge is 2.26. The number of hydrogen-bond donors (Lipinski definition) is 1. The first-order chi connectivity index (χ1) is 11.4. The normalized spacial score (nSPS) is 22.4. The van der Waals surface area contributed by atoms with Crippen LogP contribution in [0.25, 0.3) is 10.7 Å². The van der Waals surface area contributed by atoms with Gasteiger partial charge in [-0.15, -0.1) is 23.7 Å². The lowest BCUT2D eigenvalue weighted by atomic mass is 10.2. The van der Waals surface area contributed by atoms with Crippen molar-refractivity contribution in [3.63, 3.8) is 0 Å². The van der Waals surface area contributed by atoms with Gasteiger partial charge < -0.3 is 5.32 Å². The maximum Gasteiger partial charge on any atom is 0.142 e. The van der Waals surface area contributed by atoms with Gasteiger partial charge in [-0.2, -0.15) is 0 Å². The van der Waals surface area contributed by atoms with Crippen molar-refractivity contribution in [2.24, 2.45) is 0 Å². The molecule has 0 radical (unpaired) electrons. The first-order valence-corrected chi connectivity index (χ1v) is 9.29. The molecule has 7 heteroatoms. The third-order valence-corrected chi connectivity index (χ3v) is 5.69. The summed E-state index contributed by atoms with van der Waals surface area (Å²) in [5.41, 5.74) is 2.15. The van der Waals surface area contributed by atoms with Gasteiger partial charge in [0.15, 0.2) is 0 Å². The Bertz CT molecular complexity index is 621. The van der Waals surface area contributed by atoms with Crippen LogP contribution in [0.1, 0.15) is 12.1 Å². The van der Waals surface area contributed by atoms with Crippen molar-refractivity contribution in [1.82, 2.24) is 25.1 Å². The summed E-state index contributed by atoms with van der Waals surface area (Å²) in [5, 5.41) is 6.67. The monoisotopic (exact) mass is 365 g/mol. The number of halogens is 1. The van der Waals surface area contributed by atoms with E-state index in [1.165, 1.54) is 38.3 Å². The number of thiazole rings is 1. The highest BCUT2D eigenvalue weighted by Crippen LogP contribution is 2.22. The van der Waals surface area contributed by atoms with E-state index in [0.717, 1.165) is 36.4 Å². The third-order valence-electron chi connectivity index (χ3n) is 4.78. The van der Waals surface area contributed by atoms with Crippen LogP contribution in [0.4, 0.5) is 0 Å². The molecule has 4 heterocycles. The summed E-state index contributed by atoms with van der Waals surface area (Å²) in [5.74, 6) is 0. The van der Waals surface area contributed by atoms with Gasteiger partial charge in [-0.05, 0) is 25.1 Å². The molecule has 1 atom stereocenters. The van der Waals surface area contributed by atoms with Crippen molar-refractivity contribution in [1.29, 1.82) is 0 Å². The molecule has 4 rings (SSSR count). The average Bonchev–Trinajstić information content (AvgIpc) is 3.28. The van der Waals surface area contributed by atoms with Gasteiger partial charge in [0.05, 0.1) is 11.4 Å². The zero-order valence-corrected chi connectivity index (χ0v) is 15.4. The average molecular weight is 366 g/mol. The number of nitrogens with one attached hydrogen (secondary N) is 1. The fourth-order valence-electron chi connectivity index (χ4n) is 3.45. The molecule has 24 heavy (non-hydrogen) atoms. The minimum absolute atomic E-state index is 0. The molecule has 5 nitrogen and oxygen atoms in total. The van der Waals surface area contributed by atoms with E-state index in [0.29, 0.717) is 0 Å². The number of nitrogens with zero attached hydrogens (tertiary/aromatic N) is 4. The first kappa shape index (κ1) is 17.8. The molecule has 1 N–H and O–H groups in total. The maximum absolute atomic E-state index is 4.76. The van der Waals surface area contributed by atoms with Crippen LogP contribution in [-0.4, -0.2) is 65.1 Å². The van der Waals surface area contributed by atoms with Gasteiger partial charge in [-0.3, -0.25) is 14.8 Å². The van der Waals surface area contributed by atoms with E-state index in [2.05, 4.69) is 25.5 Å². The molecule has 0 spiro atoms. The van der Waals surface area contributed by atoms with Crippen molar-refractivity contribution in [3.8, 4) is 10.7 Å². The van der Waals surface area contributed by atoms with Crippen molar-refractivity contribution in [2.75, 3.05) is 39.3 Å². The quantitative estimate of drug-likeness (QED) is 0.899. The van der Waals surface area contributed by atoms with Gasteiger partial charge in [0.1, 0.15) is 5.01 Å². The molecule has 0 amide bonds. The second-order valence-corrected chi connectivity index (χ2v) is 7.18. The Kier molecular flexibility index (Phi) is 6.19. The molecule has 2 saturated heterocycles. The topological polar surface area (TPSA) is 44.3 Å². The van der Waals surface area contributed by atoms with E-state index < -0.39 is 0 Å². The molecule has 1 unspecified atom stereocenters. The molecule has 2 fully saturated rings. The van der Waals surface area contributed by atoms with E-state index in [1.807, 2.05) is 24.4 Å². The largest absolute Gasteiger partial charge is 0.315 e. The number of aromatic nitrogens is 2. The van der Waals surface area contributed by atoms with Crippen LogP contribution in [0.5, 0.6) is 0 Å². The summed E-state index contributed by atoms with van der Waals surface area (Å²) in [6, 6.07) is 6.74. The molecule has 0 saturated carbocycles. The van der Waals surface area contributed by atoms with Gasteiger partial charge in [0.2, 0.25) is 0 Å². The maximum atomic E-state index is 4.76. The zero-order valence-electron chi connectivity index (χ0n) is 13.7. The number of pyridine rings is 1. The minimum atomic E-state index is 0. The van der Waals surface area contributed by atoms with Crippen LogP contribution in [0, 0.1) is 0 Å². The summed E-state index contributed by atoms with van der Waals surface area (Å²) in [6.07, 6.45) is 3.13.